The minimum Gasteiger partial charge on any atom is -0.496 e. The second kappa shape index (κ2) is 5.91. The fraction of sp³-hybridized carbons (Fsp3) is 0.267. The number of likely N-dealkylation sites (N-methyl/N-ethyl adjacent to an activating group) is 1. The number of aromatic nitrogens is 1. The lowest BCUT2D eigenvalue weighted by molar-refractivity contribution is 0.416. The SMILES string of the molecule is CNC(Cc1nc2ccccc2s1)c1cc(OC)cs1. The predicted octanol–water partition coefficient (Wildman–Crippen LogP) is 3.87. The quantitative estimate of drug-likeness (QED) is 0.777. The molecule has 0 spiro atoms. The van der Waals surface area contributed by atoms with Crippen molar-refractivity contribution >= 4 is 32.9 Å². The van der Waals surface area contributed by atoms with Gasteiger partial charge in [-0.2, -0.15) is 0 Å². The summed E-state index contributed by atoms with van der Waals surface area (Å²) in [6.07, 6.45) is 0.902. The van der Waals surface area contributed by atoms with E-state index in [0.717, 1.165) is 22.7 Å². The average Bonchev–Trinajstić information content (AvgIpc) is 3.10. The maximum atomic E-state index is 5.26. The van der Waals surface area contributed by atoms with E-state index in [1.165, 1.54) is 9.58 Å². The number of hydrogen-bond donors (Lipinski definition) is 1. The van der Waals surface area contributed by atoms with Gasteiger partial charge in [-0.3, -0.25) is 0 Å². The number of thiazole rings is 1. The Balaban J connectivity index is 1.83. The van der Waals surface area contributed by atoms with Crippen molar-refractivity contribution in [2.24, 2.45) is 0 Å². The second-order valence-corrected chi connectivity index (χ2v) is 6.57. The Bertz CT molecular complexity index is 672. The zero-order valence-electron chi connectivity index (χ0n) is 11.4. The van der Waals surface area contributed by atoms with Gasteiger partial charge in [0.15, 0.2) is 0 Å². The fourth-order valence-corrected chi connectivity index (χ4v) is 4.13. The summed E-state index contributed by atoms with van der Waals surface area (Å²) in [5.74, 6) is 0.926. The minimum atomic E-state index is 0.282. The van der Waals surface area contributed by atoms with Gasteiger partial charge in [0.1, 0.15) is 5.75 Å². The molecule has 0 bridgehead atoms. The zero-order valence-corrected chi connectivity index (χ0v) is 13.1. The third kappa shape index (κ3) is 2.70. The Morgan fingerprint density at radius 1 is 1.35 bits per heavy atom. The molecule has 0 saturated heterocycles. The van der Waals surface area contributed by atoms with Crippen LogP contribution in [0, 0.1) is 0 Å². The van der Waals surface area contributed by atoms with Gasteiger partial charge >= 0.3 is 0 Å². The summed E-state index contributed by atoms with van der Waals surface area (Å²) in [5.41, 5.74) is 1.09. The molecular weight excluding hydrogens is 288 g/mol. The predicted molar refractivity (Wildman–Crippen MR) is 86.0 cm³/mol. The minimum absolute atomic E-state index is 0.282. The van der Waals surface area contributed by atoms with Crippen molar-refractivity contribution in [2.75, 3.05) is 14.2 Å². The molecular formula is C15H16N2OS2. The molecule has 0 aliphatic heterocycles. The summed E-state index contributed by atoms with van der Waals surface area (Å²) in [6.45, 7) is 0. The van der Waals surface area contributed by atoms with Crippen LogP contribution in [0.25, 0.3) is 10.2 Å². The van der Waals surface area contributed by atoms with Crippen molar-refractivity contribution in [3.05, 3.63) is 45.6 Å². The van der Waals surface area contributed by atoms with Gasteiger partial charge < -0.3 is 10.1 Å². The number of nitrogens with zero attached hydrogens (tertiary/aromatic N) is 1. The molecule has 0 amide bonds. The number of benzene rings is 1. The van der Waals surface area contributed by atoms with E-state index >= 15 is 0 Å². The first-order valence-corrected chi connectivity index (χ1v) is 8.14. The molecule has 0 saturated carbocycles. The lowest BCUT2D eigenvalue weighted by atomic mass is 10.2. The summed E-state index contributed by atoms with van der Waals surface area (Å²) in [7, 11) is 3.69. The molecule has 0 fully saturated rings. The van der Waals surface area contributed by atoms with E-state index in [4.69, 9.17) is 9.72 Å². The van der Waals surface area contributed by atoms with E-state index in [1.54, 1.807) is 29.8 Å². The van der Waals surface area contributed by atoms with E-state index < -0.39 is 0 Å². The van der Waals surface area contributed by atoms with Crippen LogP contribution in [-0.2, 0) is 6.42 Å². The molecule has 3 aromatic rings. The fourth-order valence-electron chi connectivity index (χ4n) is 2.15. The highest BCUT2D eigenvalue weighted by Crippen LogP contribution is 2.31. The standard InChI is InChI=1S/C15H16N2OS2/c1-16-12(14-7-10(18-2)9-19-14)8-15-17-11-5-3-4-6-13(11)20-15/h3-7,9,12,16H,8H2,1-2H3. The highest BCUT2D eigenvalue weighted by Gasteiger charge is 2.15. The summed E-state index contributed by atoms with van der Waals surface area (Å²) < 4.78 is 6.51. The molecule has 104 valence electrons. The van der Waals surface area contributed by atoms with Crippen LogP contribution in [0.3, 0.4) is 0 Å². The molecule has 0 aliphatic carbocycles. The van der Waals surface area contributed by atoms with Crippen LogP contribution >= 0.6 is 22.7 Å². The first kappa shape index (κ1) is 13.5. The molecule has 3 nitrogen and oxygen atoms in total. The van der Waals surface area contributed by atoms with E-state index in [-0.39, 0.29) is 6.04 Å². The van der Waals surface area contributed by atoms with Crippen LogP contribution in [0.4, 0.5) is 0 Å². The molecule has 1 atom stereocenters. The molecule has 1 N–H and O–H groups in total. The van der Waals surface area contributed by atoms with Gasteiger partial charge in [-0.25, -0.2) is 4.98 Å². The molecule has 0 aliphatic rings. The third-order valence-corrected chi connectivity index (χ3v) is 5.32. The largest absolute Gasteiger partial charge is 0.496 e. The van der Waals surface area contributed by atoms with Crippen LogP contribution in [0.15, 0.2) is 35.7 Å². The van der Waals surface area contributed by atoms with E-state index in [1.807, 2.05) is 18.5 Å². The average molecular weight is 304 g/mol. The maximum absolute atomic E-state index is 5.26. The van der Waals surface area contributed by atoms with E-state index in [0.29, 0.717) is 0 Å². The first-order valence-electron chi connectivity index (χ1n) is 6.44. The number of ether oxygens (including phenoxy) is 1. The molecule has 5 heteroatoms. The summed E-state index contributed by atoms with van der Waals surface area (Å²) in [6, 6.07) is 10.7. The second-order valence-electron chi connectivity index (χ2n) is 4.51. The topological polar surface area (TPSA) is 34.2 Å². The van der Waals surface area contributed by atoms with E-state index in [9.17, 15) is 0 Å². The zero-order chi connectivity index (χ0) is 13.9. The van der Waals surface area contributed by atoms with Crippen LogP contribution in [-0.4, -0.2) is 19.1 Å². The van der Waals surface area contributed by atoms with Crippen molar-refractivity contribution in [3.63, 3.8) is 0 Å². The number of rotatable bonds is 5. The number of thiophene rings is 1. The lowest BCUT2D eigenvalue weighted by Crippen LogP contribution is -2.17. The van der Waals surface area contributed by atoms with Gasteiger partial charge in [0.25, 0.3) is 0 Å². The Hall–Kier alpha value is -1.43. The van der Waals surface area contributed by atoms with Crippen LogP contribution < -0.4 is 10.1 Å². The molecule has 2 aromatic heterocycles. The van der Waals surface area contributed by atoms with Gasteiger partial charge in [-0.1, -0.05) is 12.1 Å². The van der Waals surface area contributed by atoms with Crippen molar-refractivity contribution < 1.29 is 4.74 Å². The van der Waals surface area contributed by atoms with Gasteiger partial charge in [0.05, 0.1) is 22.3 Å². The summed E-state index contributed by atoms with van der Waals surface area (Å²) >= 11 is 3.49. The smallest absolute Gasteiger partial charge is 0.129 e. The molecule has 3 rings (SSSR count). The van der Waals surface area contributed by atoms with Gasteiger partial charge in [0.2, 0.25) is 0 Å². The third-order valence-electron chi connectivity index (χ3n) is 3.24. The molecule has 20 heavy (non-hydrogen) atoms. The normalized spacial score (nSPS) is 12.7. The van der Waals surface area contributed by atoms with Gasteiger partial charge in [-0.15, -0.1) is 22.7 Å². The van der Waals surface area contributed by atoms with Crippen molar-refractivity contribution in [1.29, 1.82) is 0 Å². The number of para-hydroxylation sites is 1. The Morgan fingerprint density at radius 3 is 2.90 bits per heavy atom. The molecule has 1 aromatic carbocycles. The first-order chi connectivity index (χ1) is 9.80. The van der Waals surface area contributed by atoms with Crippen LogP contribution in [0.5, 0.6) is 5.75 Å². The highest BCUT2D eigenvalue weighted by molar-refractivity contribution is 7.18. The highest BCUT2D eigenvalue weighted by atomic mass is 32.1. The van der Waals surface area contributed by atoms with Crippen molar-refractivity contribution in [3.8, 4) is 5.75 Å². The number of fused-ring (bicyclic) bond motifs is 1. The van der Waals surface area contributed by atoms with Gasteiger partial charge in [-0.05, 0) is 25.2 Å². The van der Waals surface area contributed by atoms with Gasteiger partial charge in [0, 0.05) is 22.7 Å². The summed E-state index contributed by atoms with van der Waals surface area (Å²) in [4.78, 5) is 5.99. The lowest BCUT2D eigenvalue weighted by Gasteiger charge is -2.12. The molecule has 2 heterocycles. The Kier molecular flexibility index (Phi) is 4.00. The number of methoxy groups -OCH3 is 1. The Morgan fingerprint density at radius 2 is 2.20 bits per heavy atom. The van der Waals surface area contributed by atoms with Crippen LogP contribution in [0.1, 0.15) is 15.9 Å². The maximum Gasteiger partial charge on any atom is 0.129 e. The molecule has 1 unspecified atom stereocenters. The van der Waals surface area contributed by atoms with Crippen molar-refractivity contribution in [2.45, 2.75) is 12.5 Å². The van der Waals surface area contributed by atoms with E-state index in [2.05, 4.69) is 29.6 Å². The Labute approximate surface area is 126 Å². The summed E-state index contributed by atoms with van der Waals surface area (Å²) in [5, 5.41) is 6.57. The van der Waals surface area contributed by atoms with Crippen molar-refractivity contribution in [1.82, 2.24) is 10.3 Å². The number of hydrogen-bond acceptors (Lipinski definition) is 5. The van der Waals surface area contributed by atoms with Crippen LogP contribution in [0.2, 0.25) is 0 Å². The molecule has 0 radical (unpaired) electrons. The number of nitrogens with one attached hydrogen (secondary N) is 1. The monoisotopic (exact) mass is 304 g/mol.